The van der Waals surface area contributed by atoms with Crippen molar-refractivity contribution in [2.24, 2.45) is 0 Å². The molecule has 3 aromatic rings. The molecule has 0 spiro atoms. The third-order valence-electron chi connectivity index (χ3n) is 3.89. The Kier molecular flexibility index (Phi) is 5.38. The first kappa shape index (κ1) is 17.3. The average Bonchev–Trinajstić information content (AvgIpc) is 2.66. The second-order valence-corrected chi connectivity index (χ2v) is 5.76. The van der Waals surface area contributed by atoms with Crippen molar-refractivity contribution in [3.8, 4) is 0 Å². The SMILES string of the molecule is O=C(CCCNc1ccc([N+](=O)[O-])cc1)Nc1cccc2cccnc12. The van der Waals surface area contributed by atoms with Crippen LogP contribution in [0.5, 0.6) is 0 Å². The van der Waals surface area contributed by atoms with Crippen molar-refractivity contribution in [2.75, 3.05) is 17.2 Å². The Hall–Kier alpha value is -3.48. The Bertz CT molecular complexity index is 920. The smallest absolute Gasteiger partial charge is 0.269 e. The highest BCUT2D eigenvalue weighted by atomic mass is 16.6. The van der Waals surface area contributed by atoms with E-state index in [9.17, 15) is 14.9 Å². The topological polar surface area (TPSA) is 97.2 Å². The lowest BCUT2D eigenvalue weighted by Gasteiger charge is -2.09. The van der Waals surface area contributed by atoms with Crippen molar-refractivity contribution in [3.05, 3.63) is 70.9 Å². The Balaban J connectivity index is 1.47. The molecule has 1 amide bonds. The lowest BCUT2D eigenvalue weighted by Crippen LogP contribution is -2.13. The molecule has 132 valence electrons. The van der Waals surface area contributed by atoms with Gasteiger partial charge in [-0.25, -0.2) is 0 Å². The second-order valence-electron chi connectivity index (χ2n) is 5.76. The van der Waals surface area contributed by atoms with Gasteiger partial charge in [0.2, 0.25) is 5.91 Å². The molecular weight excluding hydrogens is 332 g/mol. The average molecular weight is 350 g/mol. The van der Waals surface area contributed by atoms with E-state index in [0.29, 0.717) is 25.1 Å². The summed E-state index contributed by atoms with van der Waals surface area (Å²) >= 11 is 0. The summed E-state index contributed by atoms with van der Waals surface area (Å²) in [5, 5.41) is 17.6. The summed E-state index contributed by atoms with van der Waals surface area (Å²) < 4.78 is 0. The van der Waals surface area contributed by atoms with Gasteiger partial charge in [0.15, 0.2) is 0 Å². The maximum absolute atomic E-state index is 12.1. The van der Waals surface area contributed by atoms with Crippen molar-refractivity contribution < 1.29 is 9.72 Å². The molecule has 3 rings (SSSR count). The zero-order chi connectivity index (χ0) is 18.4. The largest absolute Gasteiger partial charge is 0.385 e. The molecule has 0 atom stereocenters. The zero-order valence-corrected chi connectivity index (χ0v) is 14.0. The summed E-state index contributed by atoms with van der Waals surface area (Å²) in [6.07, 6.45) is 2.70. The van der Waals surface area contributed by atoms with Crippen LogP contribution in [-0.4, -0.2) is 22.4 Å². The molecule has 0 saturated carbocycles. The summed E-state index contributed by atoms with van der Waals surface area (Å²) in [7, 11) is 0. The first-order valence-electron chi connectivity index (χ1n) is 8.25. The number of fused-ring (bicyclic) bond motifs is 1. The highest BCUT2D eigenvalue weighted by molar-refractivity contribution is 6.00. The molecule has 0 radical (unpaired) electrons. The van der Waals surface area contributed by atoms with Crippen LogP contribution < -0.4 is 10.6 Å². The number of hydrogen-bond donors (Lipinski definition) is 2. The highest BCUT2D eigenvalue weighted by Gasteiger charge is 2.07. The van der Waals surface area contributed by atoms with Gasteiger partial charge < -0.3 is 10.6 Å². The number of amides is 1. The number of anilines is 2. The first-order chi connectivity index (χ1) is 12.6. The molecule has 0 aliphatic heterocycles. The number of benzene rings is 2. The minimum atomic E-state index is -0.434. The molecule has 26 heavy (non-hydrogen) atoms. The lowest BCUT2D eigenvalue weighted by molar-refractivity contribution is -0.384. The van der Waals surface area contributed by atoms with Crippen LogP contribution >= 0.6 is 0 Å². The molecule has 7 nitrogen and oxygen atoms in total. The number of carbonyl (C=O) groups excluding carboxylic acids is 1. The van der Waals surface area contributed by atoms with Gasteiger partial charge in [0, 0.05) is 42.4 Å². The maximum atomic E-state index is 12.1. The van der Waals surface area contributed by atoms with Gasteiger partial charge >= 0.3 is 0 Å². The standard InChI is InChI=1S/C19H18N4O3/c24-18(22-17-6-1-4-14-5-2-13-21-19(14)17)7-3-12-20-15-8-10-16(11-9-15)23(25)26/h1-2,4-6,8-11,13,20H,3,7,12H2,(H,22,24). The fourth-order valence-corrected chi connectivity index (χ4v) is 2.60. The van der Waals surface area contributed by atoms with E-state index in [4.69, 9.17) is 0 Å². The molecule has 0 unspecified atom stereocenters. The number of hydrogen-bond acceptors (Lipinski definition) is 5. The van der Waals surface area contributed by atoms with Gasteiger partial charge in [0.25, 0.3) is 5.69 Å². The predicted molar refractivity (Wildman–Crippen MR) is 101 cm³/mol. The van der Waals surface area contributed by atoms with E-state index in [-0.39, 0.29) is 11.6 Å². The Morgan fingerprint density at radius 2 is 1.85 bits per heavy atom. The molecule has 1 aromatic heterocycles. The van der Waals surface area contributed by atoms with Crippen LogP contribution in [0.15, 0.2) is 60.8 Å². The van der Waals surface area contributed by atoms with E-state index in [2.05, 4.69) is 15.6 Å². The van der Waals surface area contributed by atoms with Gasteiger partial charge in [0.1, 0.15) is 0 Å². The van der Waals surface area contributed by atoms with Crippen molar-refractivity contribution in [1.82, 2.24) is 4.98 Å². The van der Waals surface area contributed by atoms with Gasteiger partial charge in [0.05, 0.1) is 16.1 Å². The van der Waals surface area contributed by atoms with Gasteiger partial charge in [-0.1, -0.05) is 18.2 Å². The number of aromatic nitrogens is 1. The van der Waals surface area contributed by atoms with Crippen molar-refractivity contribution in [1.29, 1.82) is 0 Å². The number of nitro benzene ring substituents is 1. The zero-order valence-electron chi connectivity index (χ0n) is 14.0. The molecule has 1 heterocycles. The second kappa shape index (κ2) is 8.06. The summed E-state index contributed by atoms with van der Waals surface area (Å²) in [6, 6.07) is 15.7. The van der Waals surface area contributed by atoms with Crippen molar-refractivity contribution in [2.45, 2.75) is 12.8 Å². The molecule has 0 aliphatic carbocycles. The quantitative estimate of drug-likeness (QED) is 0.382. The molecule has 0 saturated heterocycles. The van der Waals surface area contributed by atoms with Gasteiger partial charge in [-0.3, -0.25) is 19.9 Å². The van der Waals surface area contributed by atoms with Gasteiger partial charge in [-0.15, -0.1) is 0 Å². The summed E-state index contributed by atoms with van der Waals surface area (Å²) in [6.45, 7) is 0.596. The normalized spacial score (nSPS) is 10.5. The number of pyridine rings is 1. The number of para-hydroxylation sites is 1. The van der Waals surface area contributed by atoms with Crippen LogP contribution in [0.3, 0.4) is 0 Å². The third-order valence-corrected chi connectivity index (χ3v) is 3.89. The Morgan fingerprint density at radius 3 is 2.62 bits per heavy atom. The maximum Gasteiger partial charge on any atom is 0.269 e. The van der Waals surface area contributed by atoms with E-state index in [1.54, 1.807) is 18.3 Å². The predicted octanol–water partition coefficient (Wildman–Crippen LogP) is 3.97. The number of nitrogens with zero attached hydrogens (tertiary/aromatic N) is 2. The number of carbonyl (C=O) groups is 1. The summed E-state index contributed by atoms with van der Waals surface area (Å²) in [5.41, 5.74) is 2.32. The number of nitrogens with one attached hydrogen (secondary N) is 2. The third kappa shape index (κ3) is 4.32. The van der Waals surface area contributed by atoms with Gasteiger partial charge in [-0.05, 0) is 30.7 Å². The fourth-order valence-electron chi connectivity index (χ4n) is 2.60. The number of rotatable bonds is 7. The van der Waals surface area contributed by atoms with Crippen LogP contribution in [0, 0.1) is 10.1 Å². The molecular formula is C19H18N4O3. The molecule has 2 aromatic carbocycles. The number of non-ortho nitro benzene ring substituents is 1. The minimum absolute atomic E-state index is 0.0543. The van der Waals surface area contributed by atoms with Crippen LogP contribution in [0.4, 0.5) is 17.1 Å². The number of nitro groups is 1. The van der Waals surface area contributed by atoms with Crippen LogP contribution in [0.2, 0.25) is 0 Å². The van der Waals surface area contributed by atoms with E-state index in [1.807, 2.05) is 30.3 Å². The van der Waals surface area contributed by atoms with Crippen LogP contribution in [0.1, 0.15) is 12.8 Å². The first-order valence-corrected chi connectivity index (χ1v) is 8.25. The van der Waals surface area contributed by atoms with Crippen molar-refractivity contribution in [3.63, 3.8) is 0 Å². The van der Waals surface area contributed by atoms with E-state index in [0.717, 1.165) is 16.6 Å². The van der Waals surface area contributed by atoms with Crippen LogP contribution in [0.25, 0.3) is 10.9 Å². The van der Waals surface area contributed by atoms with Crippen molar-refractivity contribution >= 4 is 33.9 Å². The van der Waals surface area contributed by atoms with E-state index in [1.165, 1.54) is 12.1 Å². The minimum Gasteiger partial charge on any atom is -0.385 e. The van der Waals surface area contributed by atoms with E-state index < -0.39 is 4.92 Å². The van der Waals surface area contributed by atoms with Crippen LogP contribution in [-0.2, 0) is 4.79 Å². The fraction of sp³-hybridized carbons (Fsp3) is 0.158. The molecule has 0 bridgehead atoms. The highest BCUT2D eigenvalue weighted by Crippen LogP contribution is 2.21. The summed E-state index contributed by atoms with van der Waals surface area (Å²) in [5.74, 6) is -0.0753. The summed E-state index contributed by atoms with van der Waals surface area (Å²) in [4.78, 5) is 26.6. The Labute approximate surface area is 150 Å². The van der Waals surface area contributed by atoms with E-state index >= 15 is 0 Å². The van der Waals surface area contributed by atoms with Gasteiger partial charge in [-0.2, -0.15) is 0 Å². The monoisotopic (exact) mass is 350 g/mol. The molecule has 7 heteroatoms. The Morgan fingerprint density at radius 1 is 1.08 bits per heavy atom. The molecule has 2 N–H and O–H groups in total. The molecule has 0 aliphatic rings. The lowest BCUT2D eigenvalue weighted by atomic mass is 10.2. The molecule has 0 fully saturated rings.